The zero-order chi connectivity index (χ0) is 13.3. The predicted octanol–water partition coefficient (Wildman–Crippen LogP) is 4.88. The SMILES string of the molecule is CC(c1cccc(C(F)(F)F)c1)n1ccc(Br)c1. The normalized spacial score (nSPS) is 13.6. The molecule has 2 rings (SSSR count). The number of nitrogens with zero attached hydrogens (tertiary/aromatic N) is 1. The van der Waals surface area contributed by atoms with E-state index in [4.69, 9.17) is 0 Å². The van der Waals surface area contributed by atoms with Crippen LogP contribution >= 0.6 is 15.9 Å². The fourth-order valence-electron chi connectivity index (χ4n) is 1.77. The van der Waals surface area contributed by atoms with E-state index in [1.807, 2.05) is 30.0 Å². The quantitative estimate of drug-likeness (QED) is 0.744. The molecule has 1 aromatic carbocycles. The van der Waals surface area contributed by atoms with Crippen molar-refractivity contribution in [3.05, 3.63) is 58.3 Å². The number of hydrogen-bond donors (Lipinski definition) is 0. The predicted molar refractivity (Wildman–Crippen MR) is 67.4 cm³/mol. The molecule has 0 amide bonds. The molecule has 0 aliphatic heterocycles. The molecule has 0 saturated carbocycles. The zero-order valence-corrected chi connectivity index (χ0v) is 11.2. The summed E-state index contributed by atoms with van der Waals surface area (Å²) in [6.07, 6.45) is -0.632. The van der Waals surface area contributed by atoms with Crippen molar-refractivity contribution in [3.8, 4) is 0 Å². The second-order valence-electron chi connectivity index (χ2n) is 4.08. The van der Waals surface area contributed by atoms with Gasteiger partial charge >= 0.3 is 6.18 Å². The molecule has 1 unspecified atom stereocenters. The Bertz CT molecular complexity index is 545. The first-order valence-corrected chi connectivity index (χ1v) is 6.17. The Morgan fingerprint density at radius 1 is 1.22 bits per heavy atom. The van der Waals surface area contributed by atoms with Gasteiger partial charge in [0.1, 0.15) is 0 Å². The molecule has 18 heavy (non-hydrogen) atoms. The molecule has 5 heteroatoms. The lowest BCUT2D eigenvalue weighted by molar-refractivity contribution is -0.137. The maximum absolute atomic E-state index is 12.6. The van der Waals surface area contributed by atoms with Crippen molar-refractivity contribution in [1.82, 2.24) is 4.57 Å². The van der Waals surface area contributed by atoms with Crippen molar-refractivity contribution in [3.63, 3.8) is 0 Å². The van der Waals surface area contributed by atoms with Crippen LogP contribution in [0.1, 0.15) is 24.1 Å². The molecule has 0 bridgehead atoms. The van der Waals surface area contributed by atoms with Crippen LogP contribution in [0.4, 0.5) is 13.2 Å². The molecule has 1 aromatic heterocycles. The summed E-state index contributed by atoms with van der Waals surface area (Å²) in [5, 5.41) is 0. The van der Waals surface area contributed by atoms with E-state index >= 15 is 0 Å². The minimum atomic E-state index is -4.30. The lowest BCUT2D eigenvalue weighted by Gasteiger charge is -2.16. The molecule has 0 fully saturated rings. The summed E-state index contributed by atoms with van der Waals surface area (Å²) in [6.45, 7) is 1.86. The molecule has 1 heterocycles. The summed E-state index contributed by atoms with van der Waals surface area (Å²) in [5.74, 6) is 0. The second kappa shape index (κ2) is 4.80. The maximum atomic E-state index is 12.6. The van der Waals surface area contributed by atoms with E-state index in [0.717, 1.165) is 10.5 Å². The van der Waals surface area contributed by atoms with E-state index in [-0.39, 0.29) is 6.04 Å². The highest BCUT2D eigenvalue weighted by atomic mass is 79.9. The molecular weight excluding hydrogens is 307 g/mol. The van der Waals surface area contributed by atoms with Gasteiger partial charge in [0.2, 0.25) is 0 Å². The zero-order valence-electron chi connectivity index (χ0n) is 9.58. The van der Waals surface area contributed by atoms with Crippen LogP contribution in [-0.4, -0.2) is 4.57 Å². The Labute approximate surface area is 111 Å². The van der Waals surface area contributed by atoms with Crippen LogP contribution in [-0.2, 0) is 6.18 Å². The van der Waals surface area contributed by atoms with Crippen LogP contribution in [0.15, 0.2) is 47.2 Å². The molecule has 0 aliphatic rings. The van der Waals surface area contributed by atoms with Gasteiger partial charge in [0.05, 0.1) is 11.6 Å². The van der Waals surface area contributed by atoms with Crippen molar-refractivity contribution >= 4 is 15.9 Å². The van der Waals surface area contributed by atoms with E-state index < -0.39 is 11.7 Å². The fraction of sp³-hybridized carbons (Fsp3) is 0.231. The molecule has 96 valence electrons. The van der Waals surface area contributed by atoms with Gasteiger partial charge in [0, 0.05) is 16.9 Å². The van der Waals surface area contributed by atoms with Crippen LogP contribution < -0.4 is 0 Å². The van der Waals surface area contributed by atoms with Gasteiger partial charge in [-0.05, 0) is 46.6 Å². The van der Waals surface area contributed by atoms with Crippen LogP contribution in [0, 0.1) is 0 Å². The molecule has 1 atom stereocenters. The average Bonchev–Trinajstić information content (AvgIpc) is 2.74. The van der Waals surface area contributed by atoms with E-state index in [0.29, 0.717) is 5.56 Å². The average molecular weight is 318 g/mol. The van der Waals surface area contributed by atoms with Crippen LogP contribution in [0.3, 0.4) is 0 Å². The Morgan fingerprint density at radius 3 is 2.50 bits per heavy atom. The summed E-state index contributed by atoms with van der Waals surface area (Å²) in [7, 11) is 0. The second-order valence-corrected chi connectivity index (χ2v) is 4.99. The summed E-state index contributed by atoms with van der Waals surface area (Å²) < 4.78 is 40.6. The number of hydrogen-bond acceptors (Lipinski definition) is 0. The van der Waals surface area contributed by atoms with Crippen LogP contribution in [0.5, 0.6) is 0 Å². The van der Waals surface area contributed by atoms with Gasteiger partial charge in [-0.1, -0.05) is 12.1 Å². The number of alkyl halides is 3. The molecule has 1 nitrogen and oxygen atoms in total. The fourth-order valence-corrected chi connectivity index (χ4v) is 2.13. The highest BCUT2D eigenvalue weighted by Gasteiger charge is 2.30. The highest BCUT2D eigenvalue weighted by molar-refractivity contribution is 9.10. The monoisotopic (exact) mass is 317 g/mol. The van der Waals surface area contributed by atoms with Crippen LogP contribution in [0.2, 0.25) is 0 Å². The summed E-state index contributed by atoms with van der Waals surface area (Å²) in [6, 6.07) is 7.13. The van der Waals surface area contributed by atoms with Crippen molar-refractivity contribution in [2.75, 3.05) is 0 Å². The smallest absolute Gasteiger partial charge is 0.346 e. The lowest BCUT2D eigenvalue weighted by Crippen LogP contribution is -2.08. The summed E-state index contributed by atoms with van der Waals surface area (Å²) in [5.41, 5.74) is 0.0194. The molecule has 0 N–H and O–H groups in total. The first kappa shape index (κ1) is 13.2. The lowest BCUT2D eigenvalue weighted by atomic mass is 10.0. The van der Waals surface area contributed by atoms with E-state index in [1.165, 1.54) is 12.1 Å². The van der Waals surface area contributed by atoms with Gasteiger partial charge in [-0.2, -0.15) is 13.2 Å². The Balaban J connectivity index is 2.34. The van der Waals surface area contributed by atoms with E-state index in [9.17, 15) is 13.2 Å². The molecule has 0 saturated heterocycles. The number of aromatic nitrogens is 1. The third-order valence-corrected chi connectivity index (χ3v) is 3.29. The van der Waals surface area contributed by atoms with Gasteiger partial charge in [-0.15, -0.1) is 0 Å². The third kappa shape index (κ3) is 2.77. The molecule has 0 aliphatic carbocycles. The van der Waals surface area contributed by atoms with Crippen molar-refractivity contribution in [2.45, 2.75) is 19.1 Å². The van der Waals surface area contributed by atoms with Crippen molar-refractivity contribution < 1.29 is 13.2 Å². The third-order valence-electron chi connectivity index (χ3n) is 2.82. The van der Waals surface area contributed by atoms with Gasteiger partial charge in [0.15, 0.2) is 0 Å². The largest absolute Gasteiger partial charge is 0.416 e. The maximum Gasteiger partial charge on any atom is 0.416 e. The number of halogens is 4. The van der Waals surface area contributed by atoms with Gasteiger partial charge in [-0.3, -0.25) is 0 Å². The molecule has 0 spiro atoms. The first-order valence-electron chi connectivity index (χ1n) is 5.38. The first-order chi connectivity index (χ1) is 8.38. The van der Waals surface area contributed by atoms with E-state index in [1.54, 1.807) is 6.07 Å². The molecular formula is C13H11BrF3N. The Hall–Kier alpha value is -1.23. The van der Waals surface area contributed by atoms with Crippen LogP contribution in [0.25, 0.3) is 0 Å². The van der Waals surface area contributed by atoms with Gasteiger partial charge < -0.3 is 4.57 Å². The topological polar surface area (TPSA) is 4.93 Å². The minimum Gasteiger partial charge on any atom is -0.346 e. The Kier molecular flexibility index (Phi) is 3.52. The minimum absolute atomic E-state index is 0.140. The summed E-state index contributed by atoms with van der Waals surface area (Å²) in [4.78, 5) is 0. The van der Waals surface area contributed by atoms with E-state index in [2.05, 4.69) is 15.9 Å². The van der Waals surface area contributed by atoms with Gasteiger partial charge in [-0.25, -0.2) is 0 Å². The molecule has 2 aromatic rings. The highest BCUT2D eigenvalue weighted by Crippen LogP contribution is 2.31. The standard InChI is InChI=1S/C13H11BrF3N/c1-9(18-6-5-12(14)8-18)10-3-2-4-11(7-10)13(15,16)17/h2-9H,1H3. The van der Waals surface area contributed by atoms with Gasteiger partial charge in [0.25, 0.3) is 0 Å². The summed E-state index contributed by atoms with van der Waals surface area (Å²) >= 11 is 3.32. The number of benzene rings is 1. The number of rotatable bonds is 2. The molecule has 0 radical (unpaired) electrons. The Morgan fingerprint density at radius 2 is 1.94 bits per heavy atom. The van der Waals surface area contributed by atoms with Crippen molar-refractivity contribution in [1.29, 1.82) is 0 Å². The van der Waals surface area contributed by atoms with Crippen molar-refractivity contribution in [2.24, 2.45) is 0 Å².